The smallest absolute Gasteiger partial charge is 0.305 e. The van der Waals surface area contributed by atoms with Crippen molar-refractivity contribution in [2.45, 2.75) is 32.3 Å². The molecule has 0 aromatic rings. The molecule has 1 heterocycles. The van der Waals surface area contributed by atoms with Gasteiger partial charge in [-0.25, -0.2) is 0 Å². The van der Waals surface area contributed by atoms with Crippen molar-refractivity contribution in [3.63, 3.8) is 0 Å². The van der Waals surface area contributed by atoms with Gasteiger partial charge in [-0.05, 0) is 25.3 Å². The second-order valence-corrected chi connectivity index (χ2v) is 4.06. The quantitative estimate of drug-likeness (QED) is 0.548. The van der Waals surface area contributed by atoms with Crippen molar-refractivity contribution in [1.82, 2.24) is 5.32 Å². The second kappa shape index (κ2) is 6.80. The number of piperidine rings is 1. The van der Waals surface area contributed by atoms with Crippen LogP contribution in [0.15, 0.2) is 0 Å². The third kappa shape index (κ3) is 4.62. The fraction of sp³-hybridized carbons (Fsp3) is 0.909. The van der Waals surface area contributed by atoms with E-state index in [1.807, 2.05) is 0 Å². The monoisotopic (exact) mass is 215 g/mol. The molecule has 0 amide bonds. The molecule has 4 nitrogen and oxygen atoms in total. The molecule has 0 bridgehead atoms. The zero-order valence-electron chi connectivity index (χ0n) is 9.62. The lowest BCUT2D eigenvalue weighted by Crippen LogP contribution is -2.41. The summed E-state index contributed by atoms with van der Waals surface area (Å²) in [6, 6.07) is 0. The molecule has 0 saturated carbocycles. The molecule has 0 aromatic heterocycles. The zero-order valence-corrected chi connectivity index (χ0v) is 9.62. The molecule has 88 valence electrons. The fourth-order valence-corrected chi connectivity index (χ4v) is 1.74. The number of carbonyl (C=O) groups excluding carboxylic acids is 1. The predicted octanol–water partition coefficient (Wildman–Crippen LogP) is 0.954. The Bertz CT molecular complexity index is 196. The van der Waals surface area contributed by atoms with Gasteiger partial charge in [0.05, 0.1) is 13.2 Å². The van der Waals surface area contributed by atoms with Gasteiger partial charge in [-0.15, -0.1) is 0 Å². The van der Waals surface area contributed by atoms with Crippen LogP contribution in [0.25, 0.3) is 0 Å². The van der Waals surface area contributed by atoms with Crippen LogP contribution in [0, 0.1) is 5.92 Å². The topological polar surface area (TPSA) is 47.6 Å². The van der Waals surface area contributed by atoms with Gasteiger partial charge < -0.3 is 14.8 Å². The first-order valence-corrected chi connectivity index (χ1v) is 5.63. The molecule has 0 spiro atoms. The molecule has 1 aliphatic rings. The lowest BCUT2D eigenvalue weighted by atomic mass is 9.97. The van der Waals surface area contributed by atoms with Crippen molar-refractivity contribution in [1.29, 1.82) is 0 Å². The maximum atomic E-state index is 10.8. The van der Waals surface area contributed by atoms with Gasteiger partial charge in [-0.1, -0.05) is 6.92 Å². The lowest BCUT2D eigenvalue weighted by Gasteiger charge is -2.29. The van der Waals surface area contributed by atoms with E-state index in [0.717, 1.165) is 19.5 Å². The minimum Gasteiger partial charge on any atom is -0.469 e. The first kappa shape index (κ1) is 12.5. The molecule has 4 heteroatoms. The average Bonchev–Trinajstić information content (AvgIpc) is 2.26. The predicted molar refractivity (Wildman–Crippen MR) is 57.6 cm³/mol. The molecule has 0 aromatic carbocycles. The number of ether oxygens (including phenoxy) is 2. The van der Waals surface area contributed by atoms with Gasteiger partial charge >= 0.3 is 5.97 Å². The molecule has 0 aliphatic carbocycles. The van der Waals surface area contributed by atoms with Crippen LogP contribution in [0.1, 0.15) is 26.2 Å². The zero-order chi connectivity index (χ0) is 11.1. The van der Waals surface area contributed by atoms with E-state index < -0.39 is 0 Å². The minimum absolute atomic E-state index is 0.159. The van der Waals surface area contributed by atoms with Crippen LogP contribution >= 0.6 is 0 Å². The largest absolute Gasteiger partial charge is 0.469 e. The van der Waals surface area contributed by atoms with Crippen molar-refractivity contribution >= 4 is 5.97 Å². The van der Waals surface area contributed by atoms with Gasteiger partial charge in [-0.2, -0.15) is 0 Å². The van der Waals surface area contributed by atoms with Crippen LogP contribution in [0.2, 0.25) is 0 Å². The van der Waals surface area contributed by atoms with Crippen molar-refractivity contribution in [2.75, 3.05) is 26.8 Å². The molecule has 0 radical (unpaired) electrons. The summed E-state index contributed by atoms with van der Waals surface area (Å²) in [5, 5.41) is 3.31. The standard InChI is InChI=1S/C11H21NO3/c1-9-5-6-12-8-10(9)15-7-3-4-11(13)14-2/h9-10,12H,3-8H2,1-2H3. The first-order chi connectivity index (χ1) is 7.24. The first-order valence-electron chi connectivity index (χ1n) is 5.63. The van der Waals surface area contributed by atoms with Gasteiger partial charge in [0.15, 0.2) is 0 Å². The van der Waals surface area contributed by atoms with E-state index in [-0.39, 0.29) is 5.97 Å². The number of hydrogen-bond donors (Lipinski definition) is 1. The van der Waals surface area contributed by atoms with Crippen molar-refractivity contribution < 1.29 is 14.3 Å². The summed E-state index contributed by atoms with van der Waals surface area (Å²) in [4.78, 5) is 10.8. The maximum Gasteiger partial charge on any atom is 0.305 e. The van der Waals surface area contributed by atoms with E-state index >= 15 is 0 Å². The van der Waals surface area contributed by atoms with E-state index in [1.54, 1.807) is 0 Å². The Morgan fingerprint density at radius 1 is 1.53 bits per heavy atom. The average molecular weight is 215 g/mol. The molecular weight excluding hydrogens is 194 g/mol. The summed E-state index contributed by atoms with van der Waals surface area (Å²) in [6.07, 6.45) is 2.67. The summed E-state index contributed by atoms with van der Waals surface area (Å²) in [6.45, 7) is 4.88. The Hall–Kier alpha value is -0.610. The molecule has 15 heavy (non-hydrogen) atoms. The van der Waals surface area contributed by atoms with E-state index in [1.165, 1.54) is 13.5 Å². The molecule has 1 N–H and O–H groups in total. The molecule has 1 saturated heterocycles. The van der Waals surface area contributed by atoms with Crippen molar-refractivity contribution in [3.05, 3.63) is 0 Å². The number of methoxy groups -OCH3 is 1. The SMILES string of the molecule is COC(=O)CCCOC1CNCCC1C. The third-order valence-electron chi connectivity index (χ3n) is 2.84. The van der Waals surface area contributed by atoms with E-state index in [4.69, 9.17) is 4.74 Å². The van der Waals surface area contributed by atoms with E-state index in [0.29, 0.717) is 25.0 Å². The van der Waals surface area contributed by atoms with Gasteiger partial charge in [0.2, 0.25) is 0 Å². The highest BCUT2D eigenvalue weighted by molar-refractivity contribution is 5.68. The van der Waals surface area contributed by atoms with Crippen LogP contribution in [0.5, 0.6) is 0 Å². The summed E-state index contributed by atoms with van der Waals surface area (Å²) in [5.41, 5.74) is 0. The normalized spacial score (nSPS) is 26.3. The maximum absolute atomic E-state index is 10.8. The molecule has 1 rings (SSSR count). The fourth-order valence-electron chi connectivity index (χ4n) is 1.74. The number of nitrogens with one attached hydrogen (secondary N) is 1. The lowest BCUT2D eigenvalue weighted by molar-refractivity contribution is -0.141. The van der Waals surface area contributed by atoms with E-state index in [9.17, 15) is 4.79 Å². The summed E-state index contributed by atoms with van der Waals surface area (Å²) in [5.74, 6) is 0.456. The van der Waals surface area contributed by atoms with Crippen LogP contribution in [0.4, 0.5) is 0 Å². The molecule has 1 fully saturated rings. The highest BCUT2D eigenvalue weighted by atomic mass is 16.5. The molecule has 2 unspecified atom stereocenters. The Labute approximate surface area is 91.3 Å². The molecule has 2 atom stereocenters. The van der Waals surface area contributed by atoms with Gasteiger partial charge in [0.25, 0.3) is 0 Å². The summed E-state index contributed by atoms with van der Waals surface area (Å²) >= 11 is 0. The highest BCUT2D eigenvalue weighted by Crippen LogP contribution is 2.14. The van der Waals surface area contributed by atoms with Gasteiger partial charge in [-0.3, -0.25) is 4.79 Å². The summed E-state index contributed by atoms with van der Waals surface area (Å²) < 4.78 is 10.3. The number of rotatable bonds is 5. The Kier molecular flexibility index (Phi) is 5.65. The number of carbonyl (C=O) groups is 1. The number of esters is 1. The van der Waals surface area contributed by atoms with Gasteiger partial charge in [0, 0.05) is 19.6 Å². The summed E-state index contributed by atoms with van der Waals surface area (Å²) in [7, 11) is 1.41. The van der Waals surface area contributed by atoms with Crippen LogP contribution in [0.3, 0.4) is 0 Å². The second-order valence-electron chi connectivity index (χ2n) is 4.06. The number of hydrogen-bond acceptors (Lipinski definition) is 4. The molecule has 1 aliphatic heterocycles. The van der Waals surface area contributed by atoms with Gasteiger partial charge in [0.1, 0.15) is 0 Å². The molecular formula is C11H21NO3. The van der Waals surface area contributed by atoms with Crippen molar-refractivity contribution in [3.8, 4) is 0 Å². The van der Waals surface area contributed by atoms with Crippen LogP contribution in [-0.4, -0.2) is 38.9 Å². The Balaban J connectivity index is 2.06. The third-order valence-corrected chi connectivity index (χ3v) is 2.84. The van der Waals surface area contributed by atoms with E-state index in [2.05, 4.69) is 17.0 Å². The van der Waals surface area contributed by atoms with Crippen LogP contribution in [-0.2, 0) is 14.3 Å². The van der Waals surface area contributed by atoms with Crippen molar-refractivity contribution in [2.24, 2.45) is 5.92 Å². The minimum atomic E-state index is -0.159. The highest BCUT2D eigenvalue weighted by Gasteiger charge is 2.21. The Morgan fingerprint density at radius 3 is 3.00 bits per heavy atom. The van der Waals surface area contributed by atoms with Crippen LogP contribution < -0.4 is 5.32 Å². The Morgan fingerprint density at radius 2 is 2.33 bits per heavy atom.